The van der Waals surface area contributed by atoms with Crippen LogP contribution in [0.1, 0.15) is 6.92 Å². The molecule has 0 aromatic heterocycles. The maximum absolute atomic E-state index is 14.2. The van der Waals surface area contributed by atoms with Crippen LogP contribution in [0.2, 0.25) is 5.02 Å². The normalized spacial score (nSPS) is 13.9. The van der Waals surface area contributed by atoms with Crippen LogP contribution in [0.3, 0.4) is 0 Å². The zero-order valence-electron chi connectivity index (χ0n) is 13.7. The fraction of sp³-hybridized carbons (Fsp3) is 0.235. The number of nitrogens with one attached hydrogen (secondary N) is 1. The fourth-order valence-electron chi connectivity index (χ4n) is 2.67. The number of esters is 1. The third kappa shape index (κ3) is 3.70. The van der Waals surface area contributed by atoms with Crippen molar-refractivity contribution in [1.82, 2.24) is 0 Å². The van der Waals surface area contributed by atoms with Crippen LogP contribution in [0.4, 0.5) is 27.1 Å². The zero-order valence-corrected chi connectivity index (χ0v) is 14.5. The van der Waals surface area contributed by atoms with Crippen LogP contribution in [-0.4, -0.2) is 30.1 Å². The van der Waals surface area contributed by atoms with Gasteiger partial charge in [0.05, 0.1) is 23.0 Å². The number of hydrogen-bond acceptors (Lipinski definition) is 6. The third-order valence-electron chi connectivity index (χ3n) is 3.95. The van der Waals surface area contributed by atoms with Crippen LogP contribution in [0.15, 0.2) is 36.4 Å². The summed E-state index contributed by atoms with van der Waals surface area (Å²) >= 11 is 5.72. The van der Waals surface area contributed by atoms with Crippen LogP contribution in [0.5, 0.6) is 0 Å². The average Bonchev–Trinajstić information content (AvgIpc) is 2.55. The molecule has 0 spiro atoms. The van der Waals surface area contributed by atoms with Gasteiger partial charge in [0.25, 0.3) is 5.69 Å². The summed E-state index contributed by atoms with van der Waals surface area (Å²) < 4.78 is 19.3. The topological polar surface area (TPSA) is 84.7 Å². The van der Waals surface area contributed by atoms with E-state index in [2.05, 4.69) is 5.32 Å². The van der Waals surface area contributed by atoms with E-state index in [4.69, 9.17) is 16.3 Å². The summed E-state index contributed by atoms with van der Waals surface area (Å²) in [5.74, 6) is -1.18. The van der Waals surface area contributed by atoms with Gasteiger partial charge in [-0.2, -0.15) is 0 Å². The second kappa shape index (κ2) is 7.17. The summed E-state index contributed by atoms with van der Waals surface area (Å²) in [5, 5.41) is 13.6. The Bertz CT molecular complexity index is 854. The molecule has 0 saturated carbocycles. The van der Waals surface area contributed by atoms with E-state index in [1.165, 1.54) is 6.92 Å². The molecule has 0 radical (unpaired) electrons. The predicted octanol–water partition coefficient (Wildman–Crippen LogP) is 3.88. The summed E-state index contributed by atoms with van der Waals surface area (Å²) in [6.07, 6.45) is -0.117. The summed E-state index contributed by atoms with van der Waals surface area (Å²) in [5.41, 5.74) is 0.701. The fourth-order valence-corrected chi connectivity index (χ4v) is 2.83. The second-order valence-corrected chi connectivity index (χ2v) is 6.23. The number of nitrogens with zero attached hydrogens (tertiary/aromatic N) is 2. The monoisotopic (exact) mass is 379 g/mol. The highest BCUT2D eigenvalue weighted by Gasteiger charge is 2.29. The Kier molecular flexibility index (Phi) is 4.94. The number of benzene rings is 2. The highest BCUT2D eigenvalue weighted by molar-refractivity contribution is 6.31. The van der Waals surface area contributed by atoms with E-state index in [9.17, 15) is 19.3 Å². The number of ether oxygens (including phenoxy) is 1. The van der Waals surface area contributed by atoms with E-state index < -0.39 is 16.4 Å². The lowest BCUT2D eigenvalue weighted by Gasteiger charge is -2.40. The number of carbonyl (C=O) groups is 1. The highest BCUT2D eigenvalue weighted by atomic mass is 35.5. The number of halogens is 2. The molecular weight excluding hydrogens is 365 g/mol. The Hall–Kier alpha value is -2.87. The van der Waals surface area contributed by atoms with Gasteiger partial charge in [-0.15, -0.1) is 0 Å². The van der Waals surface area contributed by atoms with Crippen LogP contribution in [0.25, 0.3) is 0 Å². The second-order valence-electron chi connectivity index (χ2n) is 5.82. The van der Waals surface area contributed by atoms with Crippen molar-refractivity contribution in [3.63, 3.8) is 0 Å². The van der Waals surface area contributed by atoms with Gasteiger partial charge in [-0.25, -0.2) is 4.39 Å². The molecule has 9 heteroatoms. The van der Waals surface area contributed by atoms with E-state index >= 15 is 0 Å². The summed E-state index contributed by atoms with van der Waals surface area (Å²) in [7, 11) is 0. The Labute approximate surface area is 153 Å². The number of carbonyl (C=O) groups excluding carboxylic acids is 1. The minimum atomic E-state index is -0.878. The molecule has 1 aliphatic rings. The molecule has 0 unspecified atom stereocenters. The first-order chi connectivity index (χ1) is 12.3. The van der Waals surface area contributed by atoms with Crippen LogP contribution >= 0.6 is 11.6 Å². The van der Waals surface area contributed by atoms with Gasteiger partial charge in [0.15, 0.2) is 11.5 Å². The highest BCUT2D eigenvalue weighted by Crippen LogP contribution is 2.35. The molecule has 7 nitrogen and oxygen atoms in total. The first-order valence-electron chi connectivity index (χ1n) is 7.77. The molecule has 1 aliphatic heterocycles. The lowest BCUT2D eigenvalue weighted by Crippen LogP contribution is -2.52. The lowest BCUT2D eigenvalue weighted by molar-refractivity contribution is -0.384. The van der Waals surface area contributed by atoms with Gasteiger partial charge in [-0.3, -0.25) is 14.9 Å². The Balaban J connectivity index is 1.72. The van der Waals surface area contributed by atoms with E-state index in [0.29, 0.717) is 18.8 Å². The predicted molar refractivity (Wildman–Crippen MR) is 95.6 cm³/mol. The van der Waals surface area contributed by atoms with Crippen LogP contribution in [-0.2, 0) is 9.53 Å². The molecular formula is C17H15ClFN3O4. The smallest absolute Gasteiger partial charge is 0.303 e. The molecule has 1 N–H and O–H groups in total. The van der Waals surface area contributed by atoms with Crippen LogP contribution in [0, 0.1) is 15.9 Å². The summed E-state index contributed by atoms with van der Waals surface area (Å²) in [6, 6.07) is 9.24. The molecule has 0 aliphatic carbocycles. The standard InChI is InChI=1S/C17H15ClFN3O4/c1-10(23)26-13-8-21(9-13)12-4-2-11(3-5-12)20-17-15(22(24)25)7-6-14(18)16(17)19/h2-7,13,20H,8-9H2,1H3. The molecule has 2 aromatic carbocycles. The van der Waals surface area contributed by atoms with Gasteiger partial charge in [-0.1, -0.05) is 11.6 Å². The maximum Gasteiger partial charge on any atom is 0.303 e. The first kappa shape index (κ1) is 17.9. The lowest BCUT2D eigenvalue weighted by atomic mass is 10.1. The van der Waals surface area contributed by atoms with E-state index in [1.807, 2.05) is 4.90 Å². The Morgan fingerprint density at radius 3 is 2.54 bits per heavy atom. The van der Waals surface area contributed by atoms with Gasteiger partial charge in [-0.05, 0) is 30.3 Å². The maximum atomic E-state index is 14.2. The van der Waals surface area contributed by atoms with Crippen molar-refractivity contribution in [2.24, 2.45) is 0 Å². The van der Waals surface area contributed by atoms with E-state index in [1.54, 1.807) is 24.3 Å². The number of nitro benzene ring substituents is 1. The number of anilines is 3. The third-order valence-corrected chi connectivity index (χ3v) is 4.24. The van der Waals surface area contributed by atoms with Crippen molar-refractivity contribution in [3.05, 3.63) is 57.4 Å². The zero-order chi connectivity index (χ0) is 18.8. The molecule has 0 amide bonds. The number of hydrogen-bond donors (Lipinski definition) is 1. The summed E-state index contributed by atoms with van der Waals surface area (Å²) in [4.78, 5) is 23.3. The van der Waals surface area contributed by atoms with Crippen molar-refractivity contribution in [3.8, 4) is 0 Å². The molecule has 26 heavy (non-hydrogen) atoms. The molecule has 0 bridgehead atoms. The van der Waals surface area contributed by atoms with Gasteiger partial charge >= 0.3 is 5.97 Å². The van der Waals surface area contributed by atoms with Crippen molar-refractivity contribution >= 4 is 40.3 Å². The van der Waals surface area contributed by atoms with E-state index in [0.717, 1.165) is 17.8 Å². The van der Waals surface area contributed by atoms with Gasteiger partial charge in [0, 0.05) is 24.4 Å². The molecule has 1 saturated heterocycles. The molecule has 0 atom stereocenters. The Morgan fingerprint density at radius 2 is 1.96 bits per heavy atom. The largest absolute Gasteiger partial charge is 0.459 e. The SMILES string of the molecule is CC(=O)OC1CN(c2ccc(Nc3c([N+](=O)[O-])ccc(Cl)c3F)cc2)C1. The van der Waals surface area contributed by atoms with E-state index in [-0.39, 0.29) is 22.8 Å². The number of rotatable bonds is 5. The van der Waals surface area contributed by atoms with Crippen LogP contribution < -0.4 is 10.2 Å². The minimum absolute atomic E-state index is 0.117. The van der Waals surface area contributed by atoms with Gasteiger partial charge in [0.2, 0.25) is 0 Å². The van der Waals surface area contributed by atoms with Crippen molar-refractivity contribution in [2.75, 3.05) is 23.3 Å². The number of nitro groups is 1. The summed E-state index contributed by atoms with van der Waals surface area (Å²) in [6.45, 7) is 2.57. The molecule has 1 heterocycles. The van der Waals surface area contributed by atoms with Gasteiger partial charge < -0.3 is 15.0 Å². The molecule has 1 fully saturated rings. The Morgan fingerprint density at radius 1 is 1.31 bits per heavy atom. The van der Waals surface area contributed by atoms with Crippen molar-refractivity contribution in [2.45, 2.75) is 13.0 Å². The van der Waals surface area contributed by atoms with Gasteiger partial charge in [0.1, 0.15) is 6.10 Å². The molecule has 3 rings (SSSR count). The molecule has 136 valence electrons. The average molecular weight is 380 g/mol. The van der Waals surface area contributed by atoms with Crippen molar-refractivity contribution in [1.29, 1.82) is 0 Å². The molecule has 2 aromatic rings. The first-order valence-corrected chi connectivity index (χ1v) is 8.14. The quantitative estimate of drug-likeness (QED) is 0.482. The van der Waals surface area contributed by atoms with Crippen molar-refractivity contribution < 1.29 is 18.8 Å². The minimum Gasteiger partial charge on any atom is -0.459 e.